The molecule has 0 aromatic carbocycles. The van der Waals surface area contributed by atoms with E-state index in [4.69, 9.17) is 37.0 Å². The third-order valence-electron chi connectivity index (χ3n) is 19.1. The van der Waals surface area contributed by atoms with Crippen molar-refractivity contribution in [2.45, 2.75) is 439 Å². The van der Waals surface area contributed by atoms with Crippen LogP contribution in [0, 0.1) is 11.8 Å². The lowest BCUT2D eigenvalue weighted by Gasteiger charge is -2.21. The molecule has 0 bridgehead atoms. The lowest BCUT2D eigenvalue weighted by molar-refractivity contribution is -0.161. The van der Waals surface area contributed by atoms with Crippen molar-refractivity contribution in [3.8, 4) is 0 Å². The van der Waals surface area contributed by atoms with E-state index in [9.17, 15) is 43.2 Å². The predicted molar refractivity (Wildman–Crippen MR) is 405 cm³/mol. The molecular weight excluding hydrogens is 1290 g/mol. The first-order chi connectivity index (χ1) is 47.9. The average molecular weight is 1450 g/mol. The molecule has 6 atom stereocenters. The highest BCUT2D eigenvalue weighted by Gasteiger charge is 2.30. The molecule has 0 heterocycles. The summed E-state index contributed by atoms with van der Waals surface area (Å²) in [5.74, 6) is -0.596. The van der Waals surface area contributed by atoms with Gasteiger partial charge < -0.3 is 33.8 Å². The fraction of sp³-hybridized carbons (Fsp3) is 0.950. The standard InChI is InChI=1S/C80H156O17P2/c1-7-10-12-14-16-18-20-22-24-25-26-27-28-29-30-32-34-40-46-53-59-65-79(84)96-75(68-90-77(82)62-56-50-44-38-36-35-37-43-49-55-61-73(6)9-3)70-94-98(86,87)92-66-74(81)67-93-99(88,89)95-71-76(69-91-78(83)63-57-51-47-41-42-48-54-60-72(4)5)97-80(85)64-58-52-45-39-33-31-23-21-19-17-15-13-11-8-2/h72-76,81H,7-71H2,1-6H3,(H,86,87)(H,88,89)/t73?,74-,75-,76-/m1/s1. The average Bonchev–Trinajstić information content (AvgIpc) is 1.91. The third kappa shape index (κ3) is 72.8. The van der Waals surface area contributed by atoms with Crippen LogP contribution in [0.3, 0.4) is 0 Å². The van der Waals surface area contributed by atoms with Crippen molar-refractivity contribution in [2.24, 2.45) is 11.8 Å². The van der Waals surface area contributed by atoms with Gasteiger partial charge in [0.25, 0.3) is 0 Å². The molecule has 0 saturated heterocycles. The molecular formula is C80H156O17P2. The topological polar surface area (TPSA) is 237 Å². The van der Waals surface area contributed by atoms with Crippen LogP contribution in [0.15, 0.2) is 0 Å². The summed E-state index contributed by atoms with van der Waals surface area (Å²) in [6.07, 6.45) is 61.1. The molecule has 0 aromatic heterocycles. The van der Waals surface area contributed by atoms with E-state index in [0.29, 0.717) is 31.6 Å². The number of hydrogen-bond acceptors (Lipinski definition) is 15. The van der Waals surface area contributed by atoms with Crippen molar-refractivity contribution < 1.29 is 80.2 Å². The molecule has 0 spiro atoms. The molecule has 0 radical (unpaired) electrons. The van der Waals surface area contributed by atoms with Crippen molar-refractivity contribution in [1.29, 1.82) is 0 Å². The van der Waals surface area contributed by atoms with E-state index < -0.39 is 97.5 Å². The number of carbonyl (C=O) groups is 4. The Bertz CT molecular complexity index is 1910. The molecule has 588 valence electrons. The Kier molecular flexibility index (Phi) is 70.3. The van der Waals surface area contributed by atoms with Gasteiger partial charge in [-0.15, -0.1) is 0 Å². The molecule has 0 saturated carbocycles. The second-order valence-corrected chi connectivity index (χ2v) is 32.4. The highest BCUT2D eigenvalue weighted by Crippen LogP contribution is 2.45. The Morgan fingerprint density at radius 2 is 0.515 bits per heavy atom. The van der Waals surface area contributed by atoms with Gasteiger partial charge in [0.1, 0.15) is 19.3 Å². The van der Waals surface area contributed by atoms with Crippen molar-refractivity contribution in [3.63, 3.8) is 0 Å². The summed E-state index contributed by atoms with van der Waals surface area (Å²) in [5, 5.41) is 10.6. The maximum Gasteiger partial charge on any atom is 0.472 e. The number of hydrogen-bond donors (Lipinski definition) is 3. The van der Waals surface area contributed by atoms with Gasteiger partial charge in [0.15, 0.2) is 12.2 Å². The van der Waals surface area contributed by atoms with Crippen LogP contribution >= 0.6 is 15.6 Å². The van der Waals surface area contributed by atoms with Gasteiger partial charge in [-0.25, -0.2) is 9.13 Å². The van der Waals surface area contributed by atoms with E-state index in [1.165, 1.54) is 231 Å². The minimum atomic E-state index is -4.96. The second-order valence-electron chi connectivity index (χ2n) is 29.5. The molecule has 0 aromatic rings. The van der Waals surface area contributed by atoms with Gasteiger partial charge in [-0.05, 0) is 37.5 Å². The lowest BCUT2D eigenvalue weighted by atomic mass is 9.99. The number of phosphoric ester groups is 2. The first-order valence-electron chi connectivity index (χ1n) is 41.5. The number of rotatable bonds is 79. The van der Waals surface area contributed by atoms with E-state index in [2.05, 4.69) is 41.5 Å². The van der Waals surface area contributed by atoms with Crippen molar-refractivity contribution in [2.75, 3.05) is 39.6 Å². The van der Waals surface area contributed by atoms with E-state index in [1.54, 1.807) is 0 Å². The summed E-state index contributed by atoms with van der Waals surface area (Å²) in [7, 11) is -9.92. The summed E-state index contributed by atoms with van der Waals surface area (Å²) < 4.78 is 68.7. The zero-order valence-corrected chi connectivity index (χ0v) is 66.6. The fourth-order valence-electron chi connectivity index (χ4n) is 12.3. The van der Waals surface area contributed by atoms with Crippen LogP contribution in [0.1, 0.15) is 420 Å². The Labute approximate surface area is 607 Å². The normalized spacial score (nSPS) is 14.2. The summed E-state index contributed by atoms with van der Waals surface area (Å²) in [6.45, 7) is 9.60. The van der Waals surface area contributed by atoms with Crippen LogP contribution in [-0.4, -0.2) is 96.7 Å². The second kappa shape index (κ2) is 71.7. The van der Waals surface area contributed by atoms with E-state index in [0.717, 1.165) is 102 Å². The van der Waals surface area contributed by atoms with Gasteiger partial charge in [-0.2, -0.15) is 0 Å². The molecule has 0 aliphatic carbocycles. The third-order valence-corrected chi connectivity index (χ3v) is 21.0. The molecule has 99 heavy (non-hydrogen) atoms. The Balaban J connectivity index is 5.22. The van der Waals surface area contributed by atoms with Crippen molar-refractivity contribution >= 4 is 39.5 Å². The van der Waals surface area contributed by atoms with E-state index in [1.807, 2.05) is 0 Å². The van der Waals surface area contributed by atoms with Gasteiger partial charge in [-0.1, -0.05) is 369 Å². The Morgan fingerprint density at radius 3 is 0.768 bits per heavy atom. The molecule has 0 fully saturated rings. The largest absolute Gasteiger partial charge is 0.472 e. The van der Waals surface area contributed by atoms with E-state index in [-0.39, 0.29) is 25.7 Å². The number of ether oxygens (including phenoxy) is 4. The quantitative estimate of drug-likeness (QED) is 0.0222. The number of unbranched alkanes of at least 4 members (excludes halogenated alkanes) is 48. The predicted octanol–water partition coefficient (Wildman–Crippen LogP) is 23.9. The van der Waals surface area contributed by atoms with Crippen LogP contribution < -0.4 is 0 Å². The zero-order valence-electron chi connectivity index (χ0n) is 64.8. The highest BCUT2D eigenvalue weighted by molar-refractivity contribution is 7.47. The van der Waals surface area contributed by atoms with Gasteiger partial charge in [-0.3, -0.25) is 37.3 Å². The molecule has 0 aliphatic rings. The maximum absolute atomic E-state index is 13.1. The van der Waals surface area contributed by atoms with Gasteiger partial charge >= 0.3 is 39.5 Å². The van der Waals surface area contributed by atoms with Crippen LogP contribution in [0.2, 0.25) is 0 Å². The summed E-state index contributed by atoms with van der Waals surface area (Å²) in [4.78, 5) is 73.0. The fourth-order valence-corrected chi connectivity index (χ4v) is 13.9. The SMILES string of the molecule is CCCCCCCCCCCCCCCCCCCCCCCC(=O)O[C@H](COC(=O)CCCCCCCCCCCCC(C)CC)COP(=O)(O)OC[C@@H](O)COP(=O)(O)OC[C@@H](COC(=O)CCCCCCCCCC(C)C)OC(=O)CCCCCCCCCCCCCCCC. The monoisotopic (exact) mass is 1450 g/mol. The maximum atomic E-state index is 13.1. The molecule has 19 heteroatoms. The Morgan fingerprint density at radius 1 is 0.293 bits per heavy atom. The number of aliphatic hydroxyl groups is 1. The van der Waals surface area contributed by atoms with Gasteiger partial charge in [0.2, 0.25) is 0 Å². The lowest BCUT2D eigenvalue weighted by Crippen LogP contribution is -2.30. The van der Waals surface area contributed by atoms with Crippen molar-refractivity contribution in [1.82, 2.24) is 0 Å². The van der Waals surface area contributed by atoms with Crippen LogP contribution in [0.5, 0.6) is 0 Å². The highest BCUT2D eigenvalue weighted by atomic mass is 31.2. The smallest absolute Gasteiger partial charge is 0.462 e. The Hall–Kier alpha value is -1.94. The van der Waals surface area contributed by atoms with Crippen LogP contribution in [-0.2, 0) is 65.4 Å². The molecule has 3 unspecified atom stereocenters. The minimum absolute atomic E-state index is 0.107. The summed E-state index contributed by atoms with van der Waals surface area (Å²) >= 11 is 0. The molecule has 3 N–H and O–H groups in total. The number of carbonyl (C=O) groups excluding carboxylic acids is 4. The number of esters is 4. The minimum Gasteiger partial charge on any atom is -0.462 e. The summed E-state index contributed by atoms with van der Waals surface area (Å²) in [5.41, 5.74) is 0. The molecule has 17 nitrogen and oxygen atoms in total. The zero-order chi connectivity index (χ0) is 72.8. The molecule has 0 amide bonds. The summed E-state index contributed by atoms with van der Waals surface area (Å²) in [6, 6.07) is 0. The molecule has 0 aliphatic heterocycles. The first-order valence-corrected chi connectivity index (χ1v) is 44.5. The first kappa shape index (κ1) is 97.1. The van der Waals surface area contributed by atoms with Crippen LogP contribution in [0.4, 0.5) is 0 Å². The van der Waals surface area contributed by atoms with Gasteiger partial charge in [0, 0.05) is 25.7 Å². The van der Waals surface area contributed by atoms with Crippen LogP contribution in [0.25, 0.3) is 0 Å². The number of aliphatic hydroxyl groups excluding tert-OH is 1. The number of phosphoric acid groups is 2. The van der Waals surface area contributed by atoms with E-state index >= 15 is 0 Å². The van der Waals surface area contributed by atoms with Gasteiger partial charge in [0.05, 0.1) is 26.4 Å². The van der Waals surface area contributed by atoms with Crippen molar-refractivity contribution in [3.05, 3.63) is 0 Å². The molecule has 0 rings (SSSR count).